The van der Waals surface area contributed by atoms with Crippen LogP contribution in [0.15, 0.2) is 0 Å². The highest BCUT2D eigenvalue weighted by Crippen LogP contribution is 2.09. The fourth-order valence-electron chi connectivity index (χ4n) is 2.20. The normalized spacial score (nSPS) is 25.2. The lowest BCUT2D eigenvalue weighted by Gasteiger charge is -2.37. The standard InChI is InChI=1S/C11H20N4O2/c1-12-11(17)9-7-13-3-6-15(9)8-10(16)14-4-2-5-14/h9,13H,2-8H2,1H3,(H,12,17). The van der Waals surface area contributed by atoms with Crippen LogP contribution in [0.25, 0.3) is 0 Å². The van der Waals surface area contributed by atoms with Crippen LogP contribution in [0.5, 0.6) is 0 Å². The minimum Gasteiger partial charge on any atom is -0.358 e. The Morgan fingerprint density at radius 3 is 2.71 bits per heavy atom. The van der Waals surface area contributed by atoms with Gasteiger partial charge < -0.3 is 15.5 Å². The molecule has 0 saturated carbocycles. The molecule has 2 aliphatic rings. The molecule has 17 heavy (non-hydrogen) atoms. The fraction of sp³-hybridized carbons (Fsp3) is 0.818. The highest BCUT2D eigenvalue weighted by atomic mass is 16.2. The van der Waals surface area contributed by atoms with Gasteiger partial charge in [-0.1, -0.05) is 0 Å². The molecule has 0 aromatic rings. The van der Waals surface area contributed by atoms with Gasteiger partial charge in [-0.05, 0) is 6.42 Å². The molecular weight excluding hydrogens is 220 g/mol. The van der Waals surface area contributed by atoms with Crippen molar-refractivity contribution < 1.29 is 9.59 Å². The number of carbonyl (C=O) groups is 2. The summed E-state index contributed by atoms with van der Waals surface area (Å²) >= 11 is 0. The number of nitrogens with one attached hydrogen (secondary N) is 2. The highest BCUT2D eigenvalue weighted by Gasteiger charge is 2.31. The molecule has 0 radical (unpaired) electrons. The van der Waals surface area contributed by atoms with Crippen LogP contribution < -0.4 is 10.6 Å². The number of rotatable bonds is 3. The maximum Gasteiger partial charge on any atom is 0.238 e. The van der Waals surface area contributed by atoms with Gasteiger partial charge in [-0.3, -0.25) is 14.5 Å². The predicted molar refractivity (Wildman–Crippen MR) is 63.5 cm³/mol. The molecule has 0 aliphatic carbocycles. The van der Waals surface area contributed by atoms with Gasteiger partial charge in [-0.15, -0.1) is 0 Å². The molecule has 0 aromatic carbocycles. The van der Waals surface area contributed by atoms with E-state index in [0.29, 0.717) is 13.1 Å². The summed E-state index contributed by atoms with van der Waals surface area (Å²) in [5, 5.41) is 5.83. The van der Waals surface area contributed by atoms with E-state index in [4.69, 9.17) is 0 Å². The molecular formula is C11H20N4O2. The van der Waals surface area contributed by atoms with Crippen molar-refractivity contribution in [2.45, 2.75) is 12.5 Å². The van der Waals surface area contributed by atoms with Crippen molar-refractivity contribution >= 4 is 11.8 Å². The zero-order valence-electron chi connectivity index (χ0n) is 10.2. The first-order valence-corrected chi connectivity index (χ1v) is 6.16. The fourth-order valence-corrected chi connectivity index (χ4v) is 2.20. The second-order valence-corrected chi connectivity index (χ2v) is 4.54. The molecule has 2 fully saturated rings. The summed E-state index contributed by atoms with van der Waals surface area (Å²) in [6.07, 6.45) is 1.10. The van der Waals surface area contributed by atoms with Crippen molar-refractivity contribution in [2.75, 3.05) is 46.3 Å². The average molecular weight is 240 g/mol. The van der Waals surface area contributed by atoms with Crippen LogP contribution in [0.3, 0.4) is 0 Å². The predicted octanol–water partition coefficient (Wildman–Crippen LogP) is -1.76. The minimum atomic E-state index is -0.223. The summed E-state index contributed by atoms with van der Waals surface area (Å²) in [5.74, 6) is 0.126. The van der Waals surface area contributed by atoms with E-state index in [1.165, 1.54) is 0 Å². The van der Waals surface area contributed by atoms with E-state index in [9.17, 15) is 9.59 Å². The lowest BCUT2D eigenvalue weighted by atomic mass is 10.1. The Hall–Kier alpha value is -1.14. The number of likely N-dealkylation sites (tertiary alicyclic amines) is 1. The van der Waals surface area contributed by atoms with Gasteiger partial charge in [0.2, 0.25) is 11.8 Å². The van der Waals surface area contributed by atoms with Crippen LogP contribution >= 0.6 is 0 Å². The first kappa shape index (κ1) is 12.3. The molecule has 2 rings (SSSR count). The zero-order valence-corrected chi connectivity index (χ0v) is 10.2. The molecule has 0 aromatic heterocycles. The minimum absolute atomic E-state index is 0.0198. The SMILES string of the molecule is CNC(=O)C1CNCCN1CC(=O)N1CCC1. The number of hydrogen-bond donors (Lipinski definition) is 2. The van der Waals surface area contributed by atoms with Crippen LogP contribution in [-0.4, -0.2) is 74.0 Å². The van der Waals surface area contributed by atoms with Crippen molar-refractivity contribution in [1.82, 2.24) is 20.4 Å². The second-order valence-electron chi connectivity index (χ2n) is 4.54. The summed E-state index contributed by atoms with van der Waals surface area (Å²) in [7, 11) is 1.63. The summed E-state index contributed by atoms with van der Waals surface area (Å²) in [6, 6.07) is -0.223. The third-order valence-electron chi connectivity index (χ3n) is 3.45. The number of piperazine rings is 1. The number of carbonyl (C=O) groups excluding carboxylic acids is 2. The Bertz CT molecular complexity index is 304. The molecule has 96 valence electrons. The van der Waals surface area contributed by atoms with Crippen molar-refractivity contribution in [1.29, 1.82) is 0 Å². The van der Waals surface area contributed by atoms with Crippen LogP contribution in [0.4, 0.5) is 0 Å². The molecule has 2 saturated heterocycles. The van der Waals surface area contributed by atoms with Gasteiger partial charge >= 0.3 is 0 Å². The first-order valence-electron chi connectivity index (χ1n) is 6.16. The van der Waals surface area contributed by atoms with Crippen molar-refractivity contribution in [2.24, 2.45) is 0 Å². The smallest absolute Gasteiger partial charge is 0.238 e. The largest absolute Gasteiger partial charge is 0.358 e. The number of nitrogens with zero attached hydrogens (tertiary/aromatic N) is 2. The molecule has 2 amide bonds. The van der Waals surface area contributed by atoms with Crippen molar-refractivity contribution in [3.63, 3.8) is 0 Å². The molecule has 2 N–H and O–H groups in total. The van der Waals surface area contributed by atoms with Gasteiger partial charge in [0.05, 0.1) is 6.54 Å². The maximum absolute atomic E-state index is 11.9. The number of amides is 2. The third kappa shape index (κ3) is 2.76. The van der Waals surface area contributed by atoms with Crippen molar-refractivity contribution in [3.8, 4) is 0 Å². The quantitative estimate of drug-likeness (QED) is 0.613. The topological polar surface area (TPSA) is 64.7 Å². The van der Waals surface area contributed by atoms with Gasteiger partial charge in [0, 0.05) is 39.8 Å². The number of likely N-dealkylation sites (N-methyl/N-ethyl adjacent to an activating group) is 1. The molecule has 2 aliphatic heterocycles. The number of hydrogen-bond acceptors (Lipinski definition) is 4. The van der Waals surface area contributed by atoms with E-state index in [1.807, 2.05) is 9.80 Å². The maximum atomic E-state index is 11.9. The highest BCUT2D eigenvalue weighted by molar-refractivity contribution is 5.84. The molecule has 0 bridgehead atoms. The Kier molecular flexibility index (Phi) is 3.96. The summed E-state index contributed by atoms with van der Waals surface area (Å²) in [6.45, 7) is 4.30. The molecule has 2 heterocycles. The Balaban J connectivity index is 1.91. The van der Waals surface area contributed by atoms with E-state index in [2.05, 4.69) is 10.6 Å². The van der Waals surface area contributed by atoms with E-state index >= 15 is 0 Å². The molecule has 6 heteroatoms. The van der Waals surface area contributed by atoms with E-state index in [-0.39, 0.29) is 17.9 Å². The molecule has 1 atom stereocenters. The van der Waals surface area contributed by atoms with E-state index in [1.54, 1.807) is 7.05 Å². The average Bonchev–Trinajstić information content (AvgIpc) is 2.26. The zero-order chi connectivity index (χ0) is 12.3. The lowest BCUT2D eigenvalue weighted by Crippen LogP contribution is -2.60. The van der Waals surface area contributed by atoms with Crippen LogP contribution in [-0.2, 0) is 9.59 Å². The van der Waals surface area contributed by atoms with Gasteiger partial charge in [0.25, 0.3) is 0 Å². The third-order valence-corrected chi connectivity index (χ3v) is 3.45. The Morgan fingerprint density at radius 2 is 2.12 bits per heavy atom. The first-order chi connectivity index (χ1) is 8.22. The van der Waals surface area contributed by atoms with Gasteiger partial charge in [0.1, 0.15) is 6.04 Å². The van der Waals surface area contributed by atoms with Gasteiger partial charge in [-0.2, -0.15) is 0 Å². The summed E-state index contributed by atoms with van der Waals surface area (Å²) in [5.41, 5.74) is 0. The van der Waals surface area contributed by atoms with Crippen LogP contribution in [0.2, 0.25) is 0 Å². The molecule has 0 spiro atoms. The second kappa shape index (κ2) is 5.46. The van der Waals surface area contributed by atoms with E-state index < -0.39 is 0 Å². The van der Waals surface area contributed by atoms with Crippen LogP contribution in [0.1, 0.15) is 6.42 Å². The van der Waals surface area contributed by atoms with Crippen LogP contribution in [0, 0.1) is 0 Å². The van der Waals surface area contributed by atoms with Gasteiger partial charge in [-0.25, -0.2) is 0 Å². The van der Waals surface area contributed by atoms with Gasteiger partial charge in [0.15, 0.2) is 0 Å². The summed E-state index contributed by atoms with van der Waals surface area (Å²) < 4.78 is 0. The summed E-state index contributed by atoms with van der Waals surface area (Å²) in [4.78, 5) is 27.4. The van der Waals surface area contributed by atoms with E-state index in [0.717, 1.165) is 32.6 Å². The lowest BCUT2D eigenvalue weighted by molar-refractivity contribution is -0.138. The van der Waals surface area contributed by atoms with Crippen molar-refractivity contribution in [3.05, 3.63) is 0 Å². The monoisotopic (exact) mass is 240 g/mol. The Labute approximate surface area is 101 Å². The Morgan fingerprint density at radius 1 is 1.35 bits per heavy atom. The molecule has 1 unspecified atom stereocenters. The molecule has 6 nitrogen and oxygen atoms in total.